The molecule has 18 heavy (non-hydrogen) atoms. The summed E-state index contributed by atoms with van der Waals surface area (Å²) < 4.78 is 4.97. The first-order chi connectivity index (χ1) is 8.61. The molecule has 0 aromatic heterocycles. The highest BCUT2D eigenvalue weighted by Gasteiger charge is 2.18. The van der Waals surface area contributed by atoms with E-state index >= 15 is 0 Å². The predicted molar refractivity (Wildman–Crippen MR) is 71.1 cm³/mol. The van der Waals surface area contributed by atoms with Crippen LogP contribution in [0.4, 0.5) is 0 Å². The quantitative estimate of drug-likeness (QED) is 0.326. The van der Waals surface area contributed by atoms with Crippen LogP contribution < -0.4 is 10.6 Å². The molecule has 0 radical (unpaired) electrons. The van der Waals surface area contributed by atoms with Gasteiger partial charge < -0.3 is 9.84 Å². The van der Waals surface area contributed by atoms with Gasteiger partial charge >= 0.3 is 0 Å². The van der Waals surface area contributed by atoms with Crippen molar-refractivity contribution in [2.24, 2.45) is 0 Å². The van der Waals surface area contributed by atoms with E-state index in [0.717, 1.165) is 12.8 Å². The van der Waals surface area contributed by atoms with Crippen LogP contribution in [0.5, 0.6) is 0 Å². The number of aliphatic hydroxyl groups excluding tert-OH is 1. The smallest absolute Gasteiger partial charge is 0.143 e. The first-order valence-electron chi connectivity index (χ1n) is 6.77. The molecule has 5 nitrogen and oxygen atoms in total. The molecule has 0 aliphatic heterocycles. The third kappa shape index (κ3) is 9.56. The number of hydroxylamine groups is 1. The van der Waals surface area contributed by atoms with Crippen LogP contribution in [0.2, 0.25) is 0 Å². The van der Waals surface area contributed by atoms with Crippen LogP contribution in [0.15, 0.2) is 12.3 Å². The van der Waals surface area contributed by atoms with E-state index in [1.54, 1.807) is 20.2 Å². The van der Waals surface area contributed by atoms with Crippen molar-refractivity contribution in [2.45, 2.75) is 58.1 Å². The molecule has 0 aromatic carbocycles. The lowest BCUT2D eigenvalue weighted by Gasteiger charge is -2.20. The van der Waals surface area contributed by atoms with Crippen molar-refractivity contribution in [3.05, 3.63) is 12.3 Å². The Morgan fingerprint density at radius 3 is 2.61 bits per heavy atom. The molecule has 0 amide bonds. The van der Waals surface area contributed by atoms with Gasteiger partial charge in [0.1, 0.15) is 12.2 Å². The average Bonchev–Trinajstić information content (AvgIpc) is 2.33. The molecule has 0 aromatic rings. The summed E-state index contributed by atoms with van der Waals surface area (Å²) in [6, 6.07) is -0.292. The third-order valence-electron chi connectivity index (χ3n) is 2.76. The Labute approximate surface area is 110 Å². The van der Waals surface area contributed by atoms with Crippen LogP contribution in [0.3, 0.4) is 0 Å². The summed E-state index contributed by atoms with van der Waals surface area (Å²) in [5.74, 6) is 0. The number of rotatable bonds is 11. The highest BCUT2D eigenvalue weighted by atomic mass is 16.5. The van der Waals surface area contributed by atoms with Gasteiger partial charge in [0.25, 0.3) is 0 Å². The van der Waals surface area contributed by atoms with E-state index in [4.69, 9.17) is 4.74 Å². The number of unbranched alkanes of at least 4 members (excludes halogenated alkanes) is 4. The highest BCUT2D eigenvalue weighted by molar-refractivity contribution is 4.72. The van der Waals surface area contributed by atoms with Crippen molar-refractivity contribution in [1.82, 2.24) is 5.43 Å². The van der Waals surface area contributed by atoms with Gasteiger partial charge in [-0.2, -0.15) is 5.21 Å². The molecule has 0 spiro atoms. The molecule has 0 saturated heterocycles. The minimum atomic E-state index is -0.579. The van der Waals surface area contributed by atoms with E-state index in [2.05, 4.69) is 12.3 Å². The van der Waals surface area contributed by atoms with Gasteiger partial charge in [-0.1, -0.05) is 31.4 Å². The Hall–Kier alpha value is -0.460. The second-order valence-electron chi connectivity index (χ2n) is 4.58. The summed E-state index contributed by atoms with van der Waals surface area (Å²) in [7, 11) is 1.57. The molecule has 0 fully saturated rings. The largest absolute Gasteiger partial charge is 0.391 e. The fourth-order valence-electron chi connectivity index (χ4n) is 1.60. The Morgan fingerprint density at radius 2 is 2.06 bits per heavy atom. The van der Waals surface area contributed by atoms with Crippen LogP contribution in [-0.4, -0.2) is 36.2 Å². The number of methoxy groups -OCH3 is 1. The molecule has 0 aliphatic rings. The maximum absolute atomic E-state index is 9.65. The SMILES string of the molecule is CCCCCCC=C[NH+](O)NC(COC)C(C)O. The average molecular weight is 261 g/mol. The van der Waals surface area contributed by atoms with Crippen molar-refractivity contribution in [3.63, 3.8) is 0 Å². The second-order valence-corrected chi connectivity index (χ2v) is 4.58. The fourth-order valence-corrected chi connectivity index (χ4v) is 1.60. The van der Waals surface area contributed by atoms with E-state index in [1.165, 1.54) is 19.3 Å². The van der Waals surface area contributed by atoms with Gasteiger partial charge in [-0.05, 0) is 25.8 Å². The number of hydrogen-bond acceptors (Lipinski definition) is 4. The first kappa shape index (κ1) is 17.5. The monoisotopic (exact) mass is 261 g/mol. The van der Waals surface area contributed by atoms with Crippen LogP contribution in [0.25, 0.3) is 0 Å². The zero-order valence-electron chi connectivity index (χ0n) is 11.9. The maximum Gasteiger partial charge on any atom is 0.143 e. The first-order valence-corrected chi connectivity index (χ1v) is 6.77. The van der Waals surface area contributed by atoms with E-state index < -0.39 is 6.10 Å². The lowest BCUT2D eigenvalue weighted by molar-refractivity contribution is -1.09. The van der Waals surface area contributed by atoms with E-state index in [9.17, 15) is 10.3 Å². The second kappa shape index (κ2) is 11.6. The van der Waals surface area contributed by atoms with Gasteiger partial charge in [0.2, 0.25) is 0 Å². The molecule has 108 valence electrons. The van der Waals surface area contributed by atoms with Crippen molar-refractivity contribution in [1.29, 1.82) is 0 Å². The topological polar surface area (TPSA) is 66.2 Å². The van der Waals surface area contributed by atoms with Gasteiger partial charge in [0, 0.05) is 7.11 Å². The lowest BCUT2D eigenvalue weighted by Crippen LogP contribution is -3.13. The standard InChI is InChI=1S/C13H28N2O3/c1-4-5-6-7-8-9-10-15(17)14-13(11-18-3)12(2)16/h9-10,12-14,16-17H,4-8,11H2,1-3H3/p+1. The number of quaternary nitrogens is 1. The Morgan fingerprint density at radius 1 is 1.33 bits per heavy atom. The minimum Gasteiger partial charge on any atom is -0.391 e. The van der Waals surface area contributed by atoms with Gasteiger partial charge in [-0.25, -0.2) is 0 Å². The Bertz CT molecular complexity index is 210. The number of aliphatic hydroxyl groups is 1. The summed E-state index contributed by atoms with van der Waals surface area (Å²) in [5, 5.41) is 19.2. The minimum absolute atomic E-state index is 0.0773. The van der Waals surface area contributed by atoms with Gasteiger partial charge in [-0.3, -0.25) is 0 Å². The maximum atomic E-state index is 9.65. The van der Waals surface area contributed by atoms with Gasteiger partial charge in [0.15, 0.2) is 0 Å². The van der Waals surface area contributed by atoms with Gasteiger partial charge in [-0.15, -0.1) is 5.43 Å². The molecular formula is C13H29N2O3+. The van der Waals surface area contributed by atoms with E-state index in [-0.39, 0.29) is 11.2 Å². The third-order valence-corrected chi connectivity index (χ3v) is 2.76. The molecule has 0 rings (SSSR count). The summed E-state index contributed by atoms with van der Waals surface area (Å²) >= 11 is 0. The number of ether oxygens (including phenoxy) is 1. The Balaban J connectivity index is 3.78. The molecule has 3 unspecified atom stereocenters. The molecule has 3 atom stereocenters. The lowest BCUT2D eigenvalue weighted by atomic mass is 10.1. The molecule has 4 N–H and O–H groups in total. The van der Waals surface area contributed by atoms with Crippen molar-refractivity contribution in [3.8, 4) is 0 Å². The van der Waals surface area contributed by atoms with E-state index in [0.29, 0.717) is 6.61 Å². The summed E-state index contributed by atoms with van der Waals surface area (Å²) in [4.78, 5) is 0. The number of nitrogens with one attached hydrogen (secondary N) is 2. The summed E-state index contributed by atoms with van der Waals surface area (Å²) in [6.45, 7) is 4.20. The molecular weight excluding hydrogens is 232 g/mol. The van der Waals surface area contributed by atoms with E-state index in [1.807, 2.05) is 6.08 Å². The number of allylic oxidation sites excluding steroid dienone is 1. The number of hydrogen-bond donors (Lipinski definition) is 4. The predicted octanol–water partition coefficient (Wildman–Crippen LogP) is 0.645. The van der Waals surface area contributed by atoms with Crippen molar-refractivity contribution >= 4 is 0 Å². The molecule has 0 saturated carbocycles. The summed E-state index contributed by atoms with van der Waals surface area (Å²) in [6.07, 6.45) is 8.86. The van der Waals surface area contributed by atoms with Crippen LogP contribution in [-0.2, 0) is 4.74 Å². The van der Waals surface area contributed by atoms with Gasteiger partial charge in [0.05, 0.1) is 12.7 Å². The fraction of sp³-hybridized carbons (Fsp3) is 0.846. The van der Waals surface area contributed by atoms with Crippen LogP contribution in [0, 0.1) is 0 Å². The molecule has 5 heteroatoms. The zero-order valence-corrected chi connectivity index (χ0v) is 11.9. The summed E-state index contributed by atoms with van der Waals surface area (Å²) in [5.41, 5.74) is 2.83. The van der Waals surface area contributed by atoms with Crippen molar-refractivity contribution in [2.75, 3.05) is 13.7 Å². The van der Waals surface area contributed by atoms with Crippen molar-refractivity contribution < 1.29 is 20.2 Å². The zero-order chi connectivity index (χ0) is 13.8. The van der Waals surface area contributed by atoms with Crippen LogP contribution >= 0.6 is 0 Å². The molecule has 0 bridgehead atoms. The van der Waals surface area contributed by atoms with Crippen LogP contribution in [0.1, 0.15) is 46.0 Å². The normalized spacial score (nSPS) is 16.9. The molecule has 0 heterocycles. The Kier molecular flexibility index (Phi) is 11.3. The highest BCUT2D eigenvalue weighted by Crippen LogP contribution is 2.01. The molecule has 0 aliphatic carbocycles.